The van der Waals surface area contributed by atoms with E-state index in [1.807, 2.05) is 6.92 Å². The molecule has 0 aliphatic heterocycles. The monoisotopic (exact) mass is 212 g/mol. The molecular weight excluding hydrogens is 196 g/mol. The summed E-state index contributed by atoms with van der Waals surface area (Å²) in [6, 6.07) is 0. The molecule has 0 aliphatic rings. The molecule has 0 radical (unpaired) electrons. The van der Waals surface area contributed by atoms with Crippen LogP contribution in [0.15, 0.2) is 11.4 Å². The summed E-state index contributed by atoms with van der Waals surface area (Å²) < 4.78 is 0. The second kappa shape index (κ2) is 5.17. The van der Waals surface area contributed by atoms with Crippen LogP contribution in [0.4, 0.5) is 5.82 Å². The van der Waals surface area contributed by atoms with Crippen molar-refractivity contribution in [2.24, 2.45) is 5.84 Å². The van der Waals surface area contributed by atoms with Gasteiger partial charge in [-0.1, -0.05) is 13.8 Å². The Kier molecular flexibility index (Phi) is 4.16. The minimum atomic E-state index is 0.564. The fourth-order valence-electron chi connectivity index (χ4n) is 0.972. The number of nitrogen functional groups attached to an aromatic ring is 1. The highest BCUT2D eigenvalue weighted by Crippen LogP contribution is 2.27. The van der Waals surface area contributed by atoms with Gasteiger partial charge in [0.15, 0.2) is 0 Å². The summed E-state index contributed by atoms with van der Waals surface area (Å²) in [5.41, 5.74) is 3.58. The third-order valence-corrected chi connectivity index (χ3v) is 3.43. The van der Waals surface area contributed by atoms with Crippen LogP contribution in [0.3, 0.4) is 0 Å². The average molecular weight is 212 g/mol. The smallest absolute Gasteiger partial charge is 0.147 e. The molecule has 5 heteroatoms. The number of anilines is 1. The van der Waals surface area contributed by atoms with Crippen LogP contribution >= 0.6 is 11.8 Å². The molecule has 0 aromatic carbocycles. The maximum absolute atomic E-state index is 5.33. The standard InChI is InChI=1S/C9H16N4S/c1-4-6(2)14-9-7(3)8(13-10)11-5-12-9/h5-6H,4,10H2,1-3H3,(H,11,12,13). The first-order chi connectivity index (χ1) is 6.69. The lowest BCUT2D eigenvalue weighted by Gasteiger charge is -2.11. The van der Waals surface area contributed by atoms with Gasteiger partial charge in [-0.2, -0.15) is 0 Å². The van der Waals surface area contributed by atoms with Crippen LogP contribution in [-0.4, -0.2) is 15.2 Å². The van der Waals surface area contributed by atoms with E-state index in [2.05, 4.69) is 29.2 Å². The van der Waals surface area contributed by atoms with E-state index in [0.717, 1.165) is 17.0 Å². The largest absolute Gasteiger partial charge is 0.308 e. The number of thioether (sulfide) groups is 1. The van der Waals surface area contributed by atoms with Crippen molar-refractivity contribution in [3.05, 3.63) is 11.9 Å². The molecule has 14 heavy (non-hydrogen) atoms. The first-order valence-electron chi connectivity index (χ1n) is 4.63. The van der Waals surface area contributed by atoms with Crippen molar-refractivity contribution in [1.82, 2.24) is 9.97 Å². The van der Waals surface area contributed by atoms with Crippen LogP contribution in [0.5, 0.6) is 0 Å². The van der Waals surface area contributed by atoms with Gasteiger partial charge in [-0.25, -0.2) is 15.8 Å². The predicted molar refractivity (Wildman–Crippen MR) is 60.2 cm³/mol. The van der Waals surface area contributed by atoms with Crippen molar-refractivity contribution in [2.75, 3.05) is 5.43 Å². The van der Waals surface area contributed by atoms with Crippen molar-refractivity contribution in [2.45, 2.75) is 37.5 Å². The Morgan fingerprint density at radius 1 is 1.57 bits per heavy atom. The molecule has 1 rings (SSSR count). The highest BCUT2D eigenvalue weighted by Gasteiger charge is 2.09. The van der Waals surface area contributed by atoms with E-state index in [1.54, 1.807) is 11.8 Å². The molecule has 0 saturated heterocycles. The number of nitrogens with two attached hydrogens (primary N) is 1. The zero-order valence-corrected chi connectivity index (χ0v) is 9.56. The van der Waals surface area contributed by atoms with Gasteiger partial charge >= 0.3 is 0 Å². The lowest BCUT2D eigenvalue weighted by Crippen LogP contribution is -2.11. The molecule has 1 aromatic rings. The molecule has 1 heterocycles. The number of hydrogen-bond donors (Lipinski definition) is 2. The Morgan fingerprint density at radius 3 is 2.86 bits per heavy atom. The van der Waals surface area contributed by atoms with Crippen molar-refractivity contribution < 1.29 is 0 Å². The predicted octanol–water partition coefficient (Wildman–Crippen LogP) is 1.96. The quantitative estimate of drug-likeness (QED) is 0.346. The summed E-state index contributed by atoms with van der Waals surface area (Å²) in [5, 5.41) is 1.57. The first-order valence-corrected chi connectivity index (χ1v) is 5.51. The molecule has 4 nitrogen and oxygen atoms in total. The minimum Gasteiger partial charge on any atom is -0.308 e. The summed E-state index contributed by atoms with van der Waals surface area (Å²) in [6.45, 7) is 6.32. The summed E-state index contributed by atoms with van der Waals surface area (Å²) in [5.74, 6) is 6.03. The lowest BCUT2D eigenvalue weighted by atomic mass is 10.3. The van der Waals surface area contributed by atoms with Gasteiger partial charge in [0.05, 0.1) is 0 Å². The third-order valence-electron chi connectivity index (χ3n) is 2.06. The maximum atomic E-state index is 5.33. The van der Waals surface area contributed by atoms with Gasteiger partial charge in [0.25, 0.3) is 0 Å². The van der Waals surface area contributed by atoms with E-state index in [9.17, 15) is 0 Å². The van der Waals surface area contributed by atoms with Gasteiger partial charge in [0.1, 0.15) is 17.2 Å². The topological polar surface area (TPSA) is 63.8 Å². The fourth-order valence-corrected chi connectivity index (χ4v) is 1.90. The van der Waals surface area contributed by atoms with Crippen LogP contribution in [0, 0.1) is 6.92 Å². The number of hydrogen-bond acceptors (Lipinski definition) is 5. The second-order valence-electron chi connectivity index (χ2n) is 3.13. The van der Waals surface area contributed by atoms with Crippen LogP contribution in [0.1, 0.15) is 25.8 Å². The molecule has 3 N–H and O–H groups in total. The van der Waals surface area contributed by atoms with Crippen LogP contribution in [0.2, 0.25) is 0 Å². The number of aromatic nitrogens is 2. The number of nitrogens with one attached hydrogen (secondary N) is 1. The van der Waals surface area contributed by atoms with Gasteiger partial charge in [0, 0.05) is 10.8 Å². The van der Waals surface area contributed by atoms with E-state index in [-0.39, 0.29) is 0 Å². The minimum absolute atomic E-state index is 0.564. The van der Waals surface area contributed by atoms with Gasteiger partial charge in [0.2, 0.25) is 0 Å². The van der Waals surface area contributed by atoms with Crippen molar-refractivity contribution >= 4 is 17.6 Å². The van der Waals surface area contributed by atoms with E-state index in [4.69, 9.17) is 5.84 Å². The van der Waals surface area contributed by atoms with Crippen molar-refractivity contribution in [1.29, 1.82) is 0 Å². The lowest BCUT2D eigenvalue weighted by molar-refractivity contribution is 0.895. The SMILES string of the molecule is CCC(C)Sc1ncnc(NN)c1C. The molecule has 78 valence electrons. The van der Waals surface area contributed by atoms with Crippen LogP contribution in [-0.2, 0) is 0 Å². The molecule has 1 unspecified atom stereocenters. The Hall–Kier alpha value is -0.810. The van der Waals surface area contributed by atoms with Crippen molar-refractivity contribution in [3.63, 3.8) is 0 Å². The van der Waals surface area contributed by atoms with E-state index in [0.29, 0.717) is 11.1 Å². The summed E-state index contributed by atoms with van der Waals surface area (Å²) in [4.78, 5) is 8.26. The Labute approximate surface area is 88.7 Å². The highest BCUT2D eigenvalue weighted by molar-refractivity contribution is 7.99. The van der Waals surface area contributed by atoms with E-state index < -0.39 is 0 Å². The molecule has 0 amide bonds. The zero-order chi connectivity index (χ0) is 10.6. The zero-order valence-electron chi connectivity index (χ0n) is 8.74. The molecule has 1 atom stereocenters. The van der Waals surface area contributed by atoms with Crippen LogP contribution < -0.4 is 11.3 Å². The van der Waals surface area contributed by atoms with Crippen molar-refractivity contribution in [3.8, 4) is 0 Å². The van der Waals surface area contributed by atoms with Gasteiger partial charge < -0.3 is 5.43 Å². The summed E-state index contributed by atoms with van der Waals surface area (Å²) in [6.07, 6.45) is 2.66. The second-order valence-corrected chi connectivity index (χ2v) is 4.56. The normalized spacial score (nSPS) is 12.6. The third kappa shape index (κ3) is 2.59. The fraction of sp³-hybridized carbons (Fsp3) is 0.556. The number of hydrazine groups is 1. The molecule has 1 aromatic heterocycles. The van der Waals surface area contributed by atoms with Crippen LogP contribution in [0.25, 0.3) is 0 Å². The van der Waals surface area contributed by atoms with E-state index in [1.165, 1.54) is 6.33 Å². The van der Waals surface area contributed by atoms with Gasteiger partial charge in [-0.05, 0) is 13.3 Å². The maximum Gasteiger partial charge on any atom is 0.147 e. The highest BCUT2D eigenvalue weighted by atomic mass is 32.2. The Balaban J connectivity index is 2.86. The Bertz CT molecular complexity index is 303. The molecule has 0 spiro atoms. The Morgan fingerprint density at radius 2 is 2.29 bits per heavy atom. The summed E-state index contributed by atoms with van der Waals surface area (Å²) in [7, 11) is 0. The molecule has 0 saturated carbocycles. The molecule has 0 bridgehead atoms. The number of rotatable bonds is 4. The molecule has 0 fully saturated rings. The van der Waals surface area contributed by atoms with E-state index >= 15 is 0 Å². The average Bonchev–Trinajstić information content (AvgIpc) is 2.21. The first kappa shape index (κ1) is 11.3. The molecular formula is C9H16N4S. The molecule has 0 aliphatic carbocycles. The van der Waals surface area contributed by atoms with Gasteiger partial charge in [-0.3, -0.25) is 0 Å². The summed E-state index contributed by atoms with van der Waals surface area (Å²) >= 11 is 1.75. The number of nitrogens with zero attached hydrogens (tertiary/aromatic N) is 2. The van der Waals surface area contributed by atoms with Gasteiger partial charge in [-0.15, -0.1) is 11.8 Å².